The van der Waals surface area contributed by atoms with Crippen LogP contribution in [0.1, 0.15) is 32.1 Å². The fourth-order valence-electron chi connectivity index (χ4n) is 2.98. The number of hydrogen-bond acceptors (Lipinski definition) is 2. The lowest BCUT2D eigenvalue weighted by molar-refractivity contribution is -0.0103. The Kier molecular flexibility index (Phi) is 4.98. The fraction of sp³-hybridized carbons (Fsp3) is 1.00. The van der Waals surface area contributed by atoms with E-state index in [0.29, 0.717) is 0 Å². The van der Waals surface area contributed by atoms with E-state index in [0.717, 1.165) is 24.5 Å². The highest BCUT2D eigenvalue weighted by atomic mass is 32.2. The first-order valence-corrected chi connectivity index (χ1v) is 9.06. The second kappa shape index (κ2) is 6.27. The molecule has 16 heavy (non-hydrogen) atoms. The molecule has 0 amide bonds. The van der Waals surface area contributed by atoms with E-state index < -0.39 is 0 Å². The first kappa shape index (κ1) is 12.7. The molecule has 96 valence electrons. The van der Waals surface area contributed by atoms with Crippen molar-refractivity contribution in [2.45, 2.75) is 43.4 Å². The maximum absolute atomic E-state index is 5.61. The topological polar surface area (TPSA) is 12.5 Å². The number of fused-ring (bicyclic) bond motifs is 1. The Morgan fingerprint density at radius 2 is 1.88 bits per heavy atom. The Morgan fingerprint density at radius 3 is 2.69 bits per heavy atom. The highest BCUT2D eigenvalue weighted by Crippen LogP contribution is 2.32. The van der Waals surface area contributed by atoms with E-state index in [2.05, 4.69) is 17.4 Å². The quantitative estimate of drug-likeness (QED) is 0.712. The molecule has 0 bridgehead atoms. The van der Waals surface area contributed by atoms with Gasteiger partial charge in [0, 0.05) is 12.6 Å². The summed E-state index contributed by atoms with van der Waals surface area (Å²) < 4.78 is 5.61. The molecule has 3 heteroatoms. The molecule has 2 aliphatic heterocycles. The normalized spacial score (nSPS) is 34.5. The first-order valence-electron chi connectivity index (χ1n) is 6.75. The van der Waals surface area contributed by atoms with Gasteiger partial charge in [-0.25, -0.2) is 0 Å². The summed E-state index contributed by atoms with van der Waals surface area (Å²) in [7, 11) is 0.258. The van der Waals surface area contributed by atoms with Crippen LogP contribution in [-0.2, 0) is 4.74 Å². The van der Waals surface area contributed by atoms with Gasteiger partial charge in [-0.3, -0.25) is 15.8 Å². The lowest BCUT2D eigenvalue weighted by Gasteiger charge is -2.36. The van der Waals surface area contributed by atoms with Gasteiger partial charge in [0.25, 0.3) is 0 Å². The summed E-state index contributed by atoms with van der Waals surface area (Å²) in [4.78, 5) is 2.70. The standard InChI is InChI=1S/C13H27NOS/c1-16(2)13-6-4-3-5-12-11-15-10-9-14(12)8-7-13/h12-13,16H,3-11H2,1-2H3. The van der Waals surface area contributed by atoms with Crippen molar-refractivity contribution >= 4 is 10.9 Å². The molecular formula is C13H27NOS. The summed E-state index contributed by atoms with van der Waals surface area (Å²) in [6.07, 6.45) is 12.0. The van der Waals surface area contributed by atoms with Crippen molar-refractivity contribution in [1.29, 1.82) is 0 Å². The molecule has 0 aromatic rings. The van der Waals surface area contributed by atoms with E-state index in [1.807, 2.05) is 0 Å². The number of morpholine rings is 1. The SMILES string of the molecule is C[SH](C)C1CCCCC2COCCN2CC1. The first-order chi connectivity index (χ1) is 7.77. The van der Waals surface area contributed by atoms with Gasteiger partial charge in [-0.2, -0.15) is 0 Å². The van der Waals surface area contributed by atoms with Crippen LogP contribution >= 0.6 is 10.9 Å². The highest BCUT2D eigenvalue weighted by molar-refractivity contribution is 8.16. The fourth-order valence-corrected chi connectivity index (χ4v) is 4.32. The minimum absolute atomic E-state index is 0.258. The van der Waals surface area contributed by atoms with Crippen molar-refractivity contribution in [3.63, 3.8) is 0 Å². The van der Waals surface area contributed by atoms with E-state index >= 15 is 0 Å². The molecule has 0 aliphatic carbocycles. The number of nitrogens with zero attached hydrogens (tertiary/aromatic N) is 1. The molecule has 0 radical (unpaired) electrons. The average Bonchev–Trinajstić information content (AvgIpc) is 2.38. The van der Waals surface area contributed by atoms with Crippen LogP contribution in [0.25, 0.3) is 0 Å². The van der Waals surface area contributed by atoms with E-state index in [1.165, 1.54) is 45.2 Å². The molecule has 2 fully saturated rings. The predicted molar refractivity (Wildman–Crippen MR) is 73.9 cm³/mol. The molecule has 0 saturated carbocycles. The summed E-state index contributed by atoms with van der Waals surface area (Å²) in [6, 6.07) is 0.729. The summed E-state index contributed by atoms with van der Waals surface area (Å²) in [5.74, 6) is 0. The van der Waals surface area contributed by atoms with Crippen LogP contribution in [0.3, 0.4) is 0 Å². The predicted octanol–water partition coefficient (Wildman–Crippen LogP) is 2.28. The summed E-state index contributed by atoms with van der Waals surface area (Å²) in [5.41, 5.74) is 0. The number of rotatable bonds is 1. The van der Waals surface area contributed by atoms with E-state index in [1.54, 1.807) is 0 Å². The molecule has 2 saturated heterocycles. The molecule has 0 aromatic carbocycles. The largest absolute Gasteiger partial charge is 0.378 e. The van der Waals surface area contributed by atoms with E-state index in [9.17, 15) is 0 Å². The van der Waals surface area contributed by atoms with Crippen LogP contribution in [-0.4, -0.2) is 55.0 Å². The van der Waals surface area contributed by atoms with Crippen molar-refractivity contribution < 1.29 is 4.74 Å². The number of thiol groups is 1. The molecule has 0 aromatic heterocycles. The van der Waals surface area contributed by atoms with Crippen LogP contribution in [0.5, 0.6) is 0 Å². The van der Waals surface area contributed by atoms with Gasteiger partial charge in [-0.05, 0) is 43.6 Å². The smallest absolute Gasteiger partial charge is 0.0622 e. The molecule has 0 spiro atoms. The van der Waals surface area contributed by atoms with Crippen molar-refractivity contribution in [3.05, 3.63) is 0 Å². The molecule has 2 atom stereocenters. The monoisotopic (exact) mass is 245 g/mol. The summed E-state index contributed by atoms with van der Waals surface area (Å²) in [5, 5.41) is 1.01. The van der Waals surface area contributed by atoms with E-state index in [-0.39, 0.29) is 10.9 Å². The molecule has 2 rings (SSSR count). The molecular weight excluding hydrogens is 218 g/mol. The highest BCUT2D eigenvalue weighted by Gasteiger charge is 2.25. The van der Waals surface area contributed by atoms with Crippen molar-refractivity contribution in [1.82, 2.24) is 4.90 Å². The average molecular weight is 245 g/mol. The van der Waals surface area contributed by atoms with Crippen molar-refractivity contribution in [2.24, 2.45) is 0 Å². The minimum Gasteiger partial charge on any atom is -0.378 e. The Hall–Kier alpha value is 0.270. The van der Waals surface area contributed by atoms with Gasteiger partial charge in [0.05, 0.1) is 13.2 Å². The van der Waals surface area contributed by atoms with Crippen LogP contribution < -0.4 is 0 Å². The van der Waals surface area contributed by atoms with Crippen molar-refractivity contribution in [3.8, 4) is 0 Å². The zero-order valence-corrected chi connectivity index (χ0v) is 11.7. The third-order valence-corrected chi connectivity index (χ3v) is 6.13. The van der Waals surface area contributed by atoms with Crippen LogP contribution in [0.4, 0.5) is 0 Å². The maximum Gasteiger partial charge on any atom is 0.0622 e. The van der Waals surface area contributed by atoms with Gasteiger partial charge in [0.15, 0.2) is 0 Å². The molecule has 0 N–H and O–H groups in total. The summed E-state index contributed by atoms with van der Waals surface area (Å²) in [6.45, 7) is 4.42. The van der Waals surface area contributed by atoms with Gasteiger partial charge in [-0.15, -0.1) is 0 Å². The molecule has 2 unspecified atom stereocenters. The molecule has 2 nitrogen and oxygen atoms in total. The Morgan fingerprint density at radius 1 is 1.06 bits per heavy atom. The van der Waals surface area contributed by atoms with Gasteiger partial charge in [-0.1, -0.05) is 12.8 Å². The van der Waals surface area contributed by atoms with Crippen LogP contribution in [0.2, 0.25) is 0 Å². The summed E-state index contributed by atoms with van der Waals surface area (Å²) >= 11 is 0. The van der Waals surface area contributed by atoms with Crippen molar-refractivity contribution in [2.75, 3.05) is 38.8 Å². The zero-order valence-electron chi connectivity index (χ0n) is 10.8. The second-order valence-electron chi connectivity index (χ2n) is 5.46. The Balaban J connectivity index is 1.92. The second-order valence-corrected chi connectivity index (χ2v) is 8.11. The Labute approximate surface area is 103 Å². The zero-order chi connectivity index (χ0) is 11.4. The number of hydrogen-bond donors (Lipinski definition) is 1. The van der Waals surface area contributed by atoms with Gasteiger partial charge in [0.2, 0.25) is 0 Å². The third kappa shape index (κ3) is 3.38. The Bertz CT molecular complexity index is 210. The van der Waals surface area contributed by atoms with Crippen LogP contribution in [0.15, 0.2) is 0 Å². The van der Waals surface area contributed by atoms with Gasteiger partial charge in [0.1, 0.15) is 0 Å². The third-order valence-electron chi connectivity index (χ3n) is 4.15. The number of ether oxygens (including phenoxy) is 1. The van der Waals surface area contributed by atoms with Gasteiger partial charge < -0.3 is 4.74 Å². The lowest BCUT2D eigenvalue weighted by Crippen LogP contribution is -2.45. The van der Waals surface area contributed by atoms with E-state index in [4.69, 9.17) is 4.74 Å². The van der Waals surface area contributed by atoms with Crippen LogP contribution in [0, 0.1) is 0 Å². The minimum atomic E-state index is 0.258. The lowest BCUT2D eigenvalue weighted by atomic mass is 10.1. The maximum atomic E-state index is 5.61. The molecule has 2 heterocycles. The van der Waals surface area contributed by atoms with Gasteiger partial charge >= 0.3 is 0 Å². The molecule has 2 aliphatic rings.